The maximum Gasteiger partial charge on any atom is 0.253 e. The van der Waals surface area contributed by atoms with Crippen LogP contribution in [-0.4, -0.2) is 29.3 Å². The molecule has 0 radical (unpaired) electrons. The largest absolute Gasteiger partial charge is 0.339 e. The first kappa shape index (κ1) is 21.7. The van der Waals surface area contributed by atoms with Crippen molar-refractivity contribution in [3.63, 3.8) is 0 Å². The van der Waals surface area contributed by atoms with Crippen molar-refractivity contribution < 1.29 is 13.7 Å². The molecule has 0 unspecified atom stereocenters. The van der Waals surface area contributed by atoms with Crippen LogP contribution in [0.4, 0.5) is 10.1 Å². The van der Waals surface area contributed by atoms with E-state index >= 15 is 0 Å². The zero-order valence-electron chi connectivity index (χ0n) is 16.8. The number of aromatic nitrogens is 2. The monoisotopic (exact) mass is 463 g/mol. The molecule has 2 aromatic rings. The van der Waals surface area contributed by atoms with Gasteiger partial charge in [-0.05, 0) is 43.9 Å². The molecule has 3 rings (SSSR count). The Morgan fingerprint density at radius 3 is 2.83 bits per heavy atom. The van der Waals surface area contributed by atoms with Gasteiger partial charge in [0.15, 0.2) is 5.82 Å². The first-order valence-corrected chi connectivity index (χ1v) is 10.9. The predicted molar refractivity (Wildman–Crippen MR) is 115 cm³/mol. The molecule has 1 amide bonds. The van der Waals surface area contributed by atoms with Crippen LogP contribution in [0.15, 0.2) is 45.4 Å². The van der Waals surface area contributed by atoms with Gasteiger partial charge in [0.05, 0.1) is 6.67 Å². The van der Waals surface area contributed by atoms with Crippen molar-refractivity contribution in [1.29, 1.82) is 0 Å². The summed E-state index contributed by atoms with van der Waals surface area (Å²) < 4.78 is 18.9. The Kier molecular flexibility index (Phi) is 7.22. The van der Waals surface area contributed by atoms with Gasteiger partial charge in [-0.1, -0.05) is 47.1 Å². The van der Waals surface area contributed by atoms with Crippen molar-refractivity contribution in [2.45, 2.75) is 57.3 Å². The third kappa shape index (κ3) is 5.75. The normalized spacial score (nSPS) is 14.6. The van der Waals surface area contributed by atoms with E-state index in [-0.39, 0.29) is 17.7 Å². The van der Waals surface area contributed by atoms with Gasteiger partial charge in [-0.3, -0.25) is 9.18 Å². The molecule has 0 saturated heterocycles. The van der Waals surface area contributed by atoms with E-state index < -0.39 is 6.67 Å². The summed E-state index contributed by atoms with van der Waals surface area (Å²) in [5.41, 5.74) is 1.17. The fourth-order valence-electron chi connectivity index (χ4n) is 3.14. The number of benzene rings is 1. The number of amides is 1. The molecule has 1 aliphatic carbocycles. The minimum atomic E-state index is -0.581. The number of rotatable bonds is 11. The first-order chi connectivity index (χ1) is 13.9. The Bertz CT molecular complexity index is 863. The summed E-state index contributed by atoms with van der Waals surface area (Å²) in [6, 6.07) is 7.56. The molecule has 0 N–H and O–H groups in total. The van der Waals surface area contributed by atoms with E-state index in [0.29, 0.717) is 12.1 Å². The molecule has 1 aromatic carbocycles. The van der Waals surface area contributed by atoms with E-state index in [2.05, 4.69) is 39.6 Å². The van der Waals surface area contributed by atoms with Gasteiger partial charge in [0.25, 0.3) is 5.91 Å². The maximum absolute atomic E-state index is 12.7. The summed E-state index contributed by atoms with van der Waals surface area (Å²) in [4.78, 5) is 18.9. The molecular weight excluding hydrogens is 437 g/mol. The fraction of sp³-hybridized carbons (Fsp3) is 0.500. The Labute approximate surface area is 179 Å². The van der Waals surface area contributed by atoms with Crippen molar-refractivity contribution in [3.05, 3.63) is 52.6 Å². The Balaban J connectivity index is 1.52. The van der Waals surface area contributed by atoms with Gasteiger partial charge >= 0.3 is 0 Å². The van der Waals surface area contributed by atoms with Gasteiger partial charge in [0.2, 0.25) is 5.89 Å². The van der Waals surface area contributed by atoms with Crippen LogP contribution in [0.3, 0.4) is 0 Å². The molecule has 1 heterocycles. The van der Waals surface area contributed by atoms with Crippen LogP contribution in [0.25, 0.3) is 0 Å². The number of carbonyl (C=O) groups excluding carboxylic acids is 1. The fourth-order valence-corrected chi connectivity index (χ4v) is 3.52. The highest BCUT2D eigenvalue weighted by Gasteiger charge is 2.44. The Hall–Kier alpha value is -2.02. The highest BCUT2D eigenvalue weighted by Crippen LogP contribution is 2.46. The molecule has 0 bridgehead atoms. The SMILES string of the molecule is C=C(CCF)C(=O)N(CCCCCc1noc(C2(C)CC2)n1)c1cccc(Br)c1. The smallest absolute Gasteiger partial charge is 0.253 e. The molecule has 1 aromatic heterocycles. The molecule has 29 heavy (non-hydrogen) atoms. The van der Waals surface area contributed by atoms with Crippen molar-refractivity contribution in [3.8, 4) is 0 Å². The maximum atomic E-state index is 12.7. The molecule has 7 heteroatoms. The molecule has 1 aliphatic rings. The number of nitrogens with zero attached hydrogens (tertiary/aromatic N) is 3. The van der Waals surface area contributed by atoms with E-state index in [1.807, 2.05) is 24.3 Å². The van der Waals surface area contributed by atoms with Crippen molar-refractivity contribution in [2.75, 3.05) is 18.1 Å². The topological polar surface area (TPSA) is 59.2 Å². The van der Waals surface area contributed by atoms with Crippen molar-refractivity contribution in [1.82, 2.24) is 10.1 Å². The summed E-state index contributed by atoms with van der Waals surface area (Å²) >= 11 is 3.44. The summed E-state index contributed by atoms with van der Waals surface area (Å²) in [5, 5.41) is 4.08. The minimum Gasteiger partial charge on any atom is -0.339 e. The number of carbonyl (C=O) groups is 1. The quantitative estimate of drug-likeness (QED) is 0.324. The molecule has 1 saturated carbocycles. The third-order valence-corrected chi connectivity index (χ3v) is 5.82. The number of unbranched alkanes of at least 4 members (excludes halogenated alkanes) is 2. The first-order valence-electron chi connectivity index (χ1n) is 10.1. The van der Waals surface area contributed by atoms with Crippen LogP contribution in [0.2, 0.25) is 0 Å². The van der Waals surface area contributed by atoms with Crippen LogP contribution in [0, 0.1) is 0 Å². The average Bonchev–Trinajstić information content (AvgIpc) is 3.26. The highest BCUT2D eigenvalue weighted by molar-refractivity contribution is 9.10. The van der Waals surface area contributed by atoms with Gasteiger partial charge in [-0.15, -0.1) is 0 Å². The Morgan fingerprint density at radius 1 is 1.34 bits per heavy atom. The molecule has 0 aliphatic heterocycles. The standard InChI is InChI=1S/C22H27BrFN3O2/c1-16(10-13-24)20(28)27(18-8-6-7-17(23)15-18)14-5-3-4-9-19-25-21(29-26-19)22(2)11-12-22/h6-8,15H,1,3-5,9-14H2,2H3. The van der Waals surface area contributed by atoms with Crippen molar-refractivity contribution >= 4 is 27.5 Å². The van der Waals surface area contributed by atoms with E-state index in [1.54, 1.807) is 4.90 Å². The molecule has 156 valence electrons. The number of anilines is 1. The zero-order chi connectivity index (χ0) is 20.9. The Morgan fingerprint density at radius 2 is 2.14 bits per heavy atom. The minimum absolute atomic E-state index is 0.0580. The third-order valence-electron chi connectivity index (χ3n) is 5.33. The van der Waals surface area contributed by atoms with E-state index in [1.165, 1.54) is 0 Å². The average molecular weight is 464 g/mol. The van der Waals surface area contributed by atoms with Gasteiger partial charge in [-0.2, -0.15) is 4.98 Å². The number of hydrogen-bond acceptors (Lipinski definition) is 4. The number of hydrogen-bond donors (Lipinski definition) is 0. The number of aryl methyl sites for hydroxylation is 1. The van der Waals surface area contributed by atoms with Crippen LogP contribution >= 0.6 is 15.9 Å². The lowest BCUT2D eigenvalue weighted by atomic mass is 10.1. The number of alkyl halides is 1. The van der Waals surface area contributed by atoms with Crippen LogP contribution in [-0.2, 0) is 16.6 Å². The molecular formula is C22H27BrFN3O2. The molecule has 0 spiro atoms. The van der Waals surface area contributed by atoms with Gasteiger partial charge in [0, 0.05) is 40.5 Å². The van der Waals surface area contributed by atoms with Crippen LogP contribution < -0.4 is 4.90 Å². The zero-order valence-corrected chi connectivity index (χ0v) is 18.4. The van der Waals surface area contributed by atoms with Crippen molar-refractivity contribution in [2.24, 2.45) is 0 Å². The summed E-state index contributed by atoms with van der Waals surface area (Å²) in [5.74, 6) is 1.29. The molecule has 1 fully saturated rings. The second-order valence-corrected chi connectivity index (χ2v) is 8.78. The highest BCUT2D eigenvalue weighted by atomic mass is 79.9. The predicted octanol–water partition coefficient (Wildman–Crippen LogP) is 5.55. The second-order valence-electron chi connectivity index (χ2n) is 7.87. The van der Waals surface area contributed by atoms with E-state index in [4.69, 9.17) is 4.52 Å². The van der Waals surface area contributed by atoms with Gasteiger partial charge in [-0.25, -0.2) is 0 Å². The van der Waals surface area contributed by atoms with Crippen LogP contribution in [0.1, 0.15) is 57.2 Å². The summed E-state index contributed by atoms with van der Waals surface area (Å²) in [6.45, 7) is 5.87. The summed E-state index contributed by atoms with van der Waals surface area (Å²) in [6.07, 6.45) is 5.71. The van der Waals surface area contributed by atoms with E-state index in [9.17, 15) is 9.18 Å². The lowest BCUT2D eigenvalue weighted by molar-refractivity contribution is -0.115. The van der Waals surface area contributed by atoms with E-state index in [0.717, 1.165) is 60.4 Å². The molecule has 5 nitrogen and oxygen atoms in total. The number of halogens is 2. The van der Waals surface area contributed by atoms with Gasteiger partial charge < -0.3 is 9.42 Å². The molecule has 0 atom stereocenters. The van der Waals surface area contributed by atoms with Crippen LogP contribution in [0.5, 0.6) is 0 Å². The lowest BCUT2D eigenvalue weighted by Gasteiger charge is -2.24. The lowest BCUT2D eigenvalue weighted by Crippen LogP contribution is -2.33. The summed E-state index contributed by atoms with van der Waals surface area (Å²) in [7, 11) is 0. The van der Waals surface area contributed by atoms with Gasteiger partial charge in [0.1, 0.15) is 0 Å². The second kappa shape index (κ2) is 9.65.